The summed E-state index contributed by atoms with van der Waals surface area (Å²) in [6.45, 7) is 5.36. The van der Waals surface area contributed by atoms with E-state index in [1.165, 1.54) is 7.05 Å². The first kappa shape index (κ1) is 18.0. The zero-order valence-corrected chi connectivity index (χ0v) is 13.6. The number of hydrogen-bond acceptors (Lipinski definition) is 3. The quantitative estimate of drug-likeness (QED) is 0.812. The Morgan fingerprint density at radius 2 is 1.76 bits per heavy atom. The van der Waals surface area contributed by atoms with Crippen LogP contribution < -0.4 is 10.0 Å². The van der Waals surface area contributed by atoms with E-state index in [0.29, 0.717) is 12.8 Å². The maximum Gasteiger partial charge on any atom is 0.243 e. The summed E-state index contributed by atoms with van der Waals surface area (Å²) in [6.07, 6.45) is 1.13. The minimum atomic E-state index is -4.05. The third-order valence-corrected chi connectivity index (χ3v) is 5.39. The Morgan fingerprint density at radius 1 is 1.19 bits per heavy atom. The van der Waals surface area contributed by atoms with Crippen molar-refractivity contribution in [2.24, 2.45) is 0 Å². The third-order valence-electron chi connectivity index (χ3n) is 3.74. The summed E-state index contributed by atoms with van der Waals surface area (Å²) in [7, 11) is -2.52. The maximum atomic E-state index is 14.3. The second-order valence-corrected chi connectivity index (χ2v) is 6.89. The molecule has 0 atom stereocenters. The fourth-order valence-corrected chi connectivity index (χ4v) is 3.55. The van der Waals surface area contributed by atoms with Gasteiger partial charge >= 0.3 is 0 Å². The van der Waals surface area contributed by atoms with Crippen molar-refractivity contribution in [1.29, 1.82) is 0 Å². The Morgan fingerprint density at radius 3 is 2.24 bits per heavy atom. The van der Waals surface area contributed by atoms with Gasteiger partial charge in [-0.3, -0.25) is 0 Å². The summed E-state index contributed by atoms with van der Waals surface area (Å²) in [6, 6.07) is 1.93. The molecule has 0 aliphatic rings. The normalized spacial score (nSPS) is 12.7. The second kappa shape index (κ2) is 6.81. The molecule has 0 unspecified atom stereocenters. The van der Waals surface area contributed by atoms with Gasteiger partial charge in [-0.2, -0.15) is 0 Å². The predicted octanol–water partition coefficient (Wildman–Crippen LogP) is 2.54. The summed E-state index contributed by atoms with van der Waals surface area (Å²) < 4.78 is 55.1. The molecule has 0 aliphatic carbocycles. The van der Waals surface area contributed by atoms with E-state index in [1.54, 1.807) is 6.92 Å². The summed E-state index contributed by atoms with van der Waals surface area (Å²) >= 11 is 0. The zero-order chi connectivity index (χ0) is 16.3. The number of halogens is 2. The van der Waals surface area contributed by atoms with Crippen molar-refractivity contribution in [2.45, 2.75) is 50.6 Å². The predicted molar refractivity (Wildman–Crippen MR) is 78.4 cm³/mol. The Bertz CT molecular complexity index is 599. The van der Waals surface area contributed by atoms with Crippen LogP contribution in [0.2, 0.25) is 0 Å². The van der Waals surface area contributed by atoms with Crippen molar-refractivity contribution < 1.29 is 17.2 Å². The largest absolute Gasteiger partial charge is 0.315 e. The zero-order valence-electron chi connectivity index (χ0n) is 12.8. The molecular weight excluding hydrogens is 298 g/mol. The highest BCUT2D eigenvalue weighted by molar-refractivity contribution is 7.89. The fourth-order valence-electron chi connectivity index (χ4n) is 1.90. The van der Waals surface area contributed by atoms with E-state index >= 15 is 0 Å². The highest BCUT2D eigenvalue weighted by atomic mass is 32.2. The minimum absolute atomic E-state index is 0.0835. The van der Waals surface area contributed by atoms with E-state index in [9.17, 15) is 17.2 Å². The molecule has 2 N–H and O–H groups in total. The van der Waals surface area contributed by atoms with Crippen LogP contribution in [0.5, 0.6) is 0 Å². The van der Waals surface area contributed by atoms with Crippen LogP contribution in [0.15, 0.2) is 17.0 Å². The molecule has 4 nitrogen and oxygen atoms in total. The molecule has 0 saturated carbocycles. The first-order valence-corrected chi connectivity index (χ1v) is 8.34. The summed E-state index contributed by atoms with van der Waals surface area (Å²) in [5, 5.41) is 2.62. The van der Waals surface area contributed by atoms with Crippen LogP contribution in [-0.2, 0) is 16.6 Å². The van der Waals surface area contributed by atoms with Gasteiger partial charge in [-0.05, 0) is 38.9 Å². The van der Waals surface area contributed by atoms with E-state index in [2.05, 4.69) is 10.0 Å². The number of hydrogen-bond donors (Lipinski definition) is 2. The molecule has 0 aromatic heterocycles. The maximum absolute atomic E-state index is 14.3. The van der Waals surface area contributed by atoms with Crippen LogP contribution in [-0.4, -0.2) is 21.0 Å². The van der Waals surface area contributed by atoms with Crippen molar-refractivity contribution in [3.8, 4) is 0 Å². The first-order valence-electron chi connectivity index (χ1n) is 6.86. The molecule has 7 heteroatoms. The molecule has 0 amide bonds. The number of nitrogens with one attached hydrogen (secondary N) is 2. The van der Waals surface area contributed by atoms with Crippen LogP contribution >= 0.6 is 0 Å². The van der Waals surface area contributed by atoms with E-state index in [0.717, 1.165) is 12.1 Å². The van der Waals surface area contributed by atoms with Crippen molar-refractivity contribution >= 4 is 10.0 Å². The summed E-state index contributed by atoms with van der Waals surface area (Å²) in [5.74, 6) is -1.82. The van der Waals surface area contributed by atoms with Gasteiger partial charge in [0.1, 0.15) is 10.7 Å². The van der Waals surface area contributed by atoms with E-state index in [1.807, 2.05) is 13.8 Å². The number of sulfonamides is 1. The van der Waals surface area contributed by atoms with E-state index in [4.69, 9.17) is 0 Å². The van der Waals surface area contributed by atoms with Crippen LogP contribution in [0, 0.1) is 11.6 Å². The summed E-state index contributed by atoms with van der Waals surface area (Å²) in [4.78, 5) is -0.526. The number of rotatable bonds is 7. The second-order valence-electron chi connectivity index (χ2n) is 5.24. The highest BCUT2D eigenvalue weighted by Gasteiger charge is 2.30. The molecule has 0 radical (unpaired) electrons. The lowest BCUT2D eigenvalue weighted by atomic mass is 9.98. The molecule has 0 heterocycles. The van der Waals surface area contributed by atoms with Gasteiger partial charge in [-0.1, -0.05) is 13.8 Å². The highest BCUT2D eigenvalue weighted by Crippen LogP contribution is 2.24. The Balaban J connectivity index is 3.30. The molecule has 0 aliphatic heterocycles. The standard InChI is InChI=1S/C14H22F2N2O2S/c1-5-14(3,6-2)18-21(19,20)12-8-7-11(15)10(9-17-4)13(12)16/h7-8,17-18H,5-6,9H2,1-4H3. The molecule has 120 valence electrons. The van der Waals surface area contributed by atoms with Crippen molar-refractivity contribution in [3.63, 3.8) is 0 Å². The average molecular weight is 320 g/mol. The van der Waals surface area contributed by atoms with Crippen LogP contribution in [0.25, 0.3) is 0 Å². The van der Waals surface area contributed by atoms with E-state index in [-0.39, 0.29) is 12.1 Å². The first-order chi connectivity index (χ1) is 9.70. The van der Waals surface area contributed by atoms with Crippen molar-refractivity contribution in [2.75, 3.05) is 7.05 Å². The Labute approximate surface area is 125 Å². The van der Waals surface area contributed by atoms with Crippen molar-refractivity contribution in [1.82, 2.24) is 10.0 Å². The molecule has 0 spiro atoms. The molecule has 0 saturated heterocycles. The van der Waals surface area contributed by atoms with E-state index < -0.39 is 32.1 Å². The van der Waals surface area contributed by atoms with Crippen LogP contribution in [0.3, 0.4) is 0 Å². The van der Waals surface area contributed by atoms with Gasteiger partial charge in [0.2, 0.25) is 10.0 Å². The van der Waals surface area contributed by atoms with Crippen LogP contribution in [0.1, 0.15) is 39.2 Å². The lowest BCUT2D eigenvalue weighted by Gasteiger charge is -2.28. The lowest BCUT2D eigenvalue weighted by molar-refractivity contribution is 0.387. The minimum Gasteiger partial charge on any atom is -0.315 e. The molecule has 21 heavy (non-hydrogen) atoms. The Hall–Kier alpha value is -1.05. The molecule has 1 aromatic rings. The smallest absolute Gasteiger partial charge is 0.243 e. The molecule has 0 bridgehead atoms. The summed E-state index contributed by atoms with van der Waals surface area (Å²) in [5.41, 5.74) is -0.946. The fraction of sp³-hybridized carbons (Fsp3) is 0.571. The average Bonchev–Trinajstić information content (AvgIpc) is 2.42. The van der Waals surface area contributed by atoms with Gasteiger partial charge in [0.15, 0.2) is 5.82 Å². The monoisotopic (exact) mass is 320 g/mol. The third kappa shape index (κ3) is 3.99. The van der Waals surface area contributed by atoms with Gasteiger partial charge in [0.05, 0.1) is 0 Å². The van der Waals surface area contributed by atoms with Crippen LogP contribution in [0.4, 0.5) is 8.78 Å². The lowest BCUT2D eigenvalue weighted by Crippen LogP contribution is -2.45. The molecule has 0 fully saturated rings. The number of benzene rings is 1. The molecule has 1 rings (SSSR count). The Kier molecular flexibility index (Phi) is 5.83. The van der Waals surface area contributed by atoms with Gasteiger partial charge in [0.25, 0.3) is 0 Å². The van der Waals surface area contributed by atoms with Crippen molar-refractivity contribution in [3.05, 3.63) is 29.3 Å². The van der Waals surface area contributed by atoms with Gasteiger partial charge in [-0.15, -0.1) is 0 Å². The molecule has 1 aromatic carbocycles. The SMILES string of the molecule is CCC(C)(CC)NS(=O)(=O)c1ccc(F)c(CNC)c1F. The topological polar surface area (TPSA) is 58.2 Å². The van der Waals surface area contributed by atoms with Gasteiger partial charge in [-0.25, -0.2) is 21.9 Å². The van der Waals surface area contributed by atoms with Gasteiger partial charge < -0.3 is 5.32 Å². The molecular formula is C14H22F2N2O2S. The van der Waals surface area contributed by atoms with Gasteiger partial charge in [0, 0.05) is 17.6 Å².